The molecule has 0 radical (unpaired) electrons. The molecule has 0 aromatic carbocycles. The molecule has 8 heteroatoms. The van der Waals surface area contributed by atoms with Crippen LogP contribution in [0.5, 0.6) is 5.88 Å². The van der Waals surface area contributed by atoms with Crippen molar-refractivity contribution in [1.82, 2.24) is 10.3 Å². The molecule has 1 aromatic heterocycles. The van der Waals surface area contributed by atoms with E-state index in [1.807, 2.05) is 5.32 Å². The van der Waals surface area contributed by atoms with Gasteiger partial charge in [0, 0.05) is 23.6 Å². The number of ether oxygens (including phenoxy) is 1. The van der Waals surface area contributed by atoms with Crippen molar-refractivity contribution in [1.29, 1.82) is 0 Å². The molecule has 4 nitrogen and oxygen atoms in total. The summed E-state index contributed by atoms with van der Waals surface area (Å²) in [6.45, 7) is -1.36. The third kappa shape index (κ3) is 4.59. The topological polar surface area (TPSA) is 51.2 Å². The predicted molar refractivity (Wildman–Crippen MR) is 69.0 cm³/mol. The quantitative estimate of drug-likeness (QED) is 0.927. The first-order valence-corrected chi connectivity index (χ1v) is 7.15. The molecule has 0 bridgehead atoms. The van der Waals surface area contributed by atoms with Gasteiger partial charge in [-0.1, -0.05) is 0 Å². The summed E-state index contributed by atoms with van der Waals surface area (Å²) in [6, 6.07) is 2.71. The Morgan fingerprint density at radius 1 is 1.55 bits per heavy atom. The van der Waals surface area contributed by atoms with Gasteiger partial charge in [0.25, 0.3) is 5.91 Å². The number of alkyl halides is 3. The molecule has 20 heavy (non-hydrogen) atoms. The lowest BCUT2D eigenvalue weighted by molar-refractivity contribution is -0.123. The van der Waals surface area contributed by atoms with Crippen LogP contribution in [0.15, 0.2) is 18.3 Å². The number of hydrogen-bond acceptors (Lipinski definition) is 4. The number of pyridine rings is 1. The van der Waals surface area contributed by atoms with E-state index in [4.69, 9.17) is 4.74 Å². The van der Waals surface area contributed by atoms with Crippen molar-refractivity contribution in [3.63, 3.8) is 0 Å². The lowest BCUT2D eigenvalue weighted by Crippen LogP contribution is -2.33. The standard InChI is InChI=1S/C12H13F3N2O2S/c13-12(14,15)7-17-11(18)8-1-3-16-10(5-8)19-9-2-4-20-6-9/h1,3,5,9H,2,4,6-7H2,(H,17,18)/t9-/m1/s1. The average molecular weight is 306 g/mol. The van der Waals surface area contributed by atoms with Gasteiger partial charge in [-0.3, -0.25) is 4.79 Å². The van der Waals surface area contributed by atoms with Gasteiger partial charge < -0.3 is 10.1 Å². The molecule has 1 saturated heterocycles. The minimum Gasteiger partial charge on any atom is -0.473 e. The van der Waals surface area contributed by atoms with Crippen LogP contribution in [-0.2, 0) is 0 Å². The summed E-state index contributed by atoms with van der Waals surface area (Å²) in [7, 11) is 0. The zero-order chi connectivity index (χ0) is 14.6. The first-order chi connectivity index (χ1) is 9.44. The van der Waals surface area contributed by atoms with Crippen LogP contribution in [0.4, 0.5) is 13.2 Å². The number of amides is 1. The van der Waals surface area contributed by atoms with Crippen LogP contribution in [0.2, 0.25) is 0 Å². The minimum atomic E-state index is -4.43. The number of thioether (sulfide) groups is 1. The second-order valence-electron chi connectivity index (χ2n) is 4.28. The van der Waals surface area contributed by atoms with Crippen LogP contribution in [0.1, 0.15) is 16.8 Å². The molecule has 1 atom stereocenters. The van der Waals surface area contributed by atoms with Crippen molar-refractivity contribution in [2.24, 2.45) is 0 Å². The third-order valence-corrected chi connectivity index (χ3v) is 3.75. The Morgan fingerprint density at radius 2 is 2.35 bits per heavy atom. The summed E-state index contributed by atoms with van der Waals surface area (Å²) in [5.74, 6) is 1.33. The van der Waals surface area contributed by atoms with E-state index in [9.17, 15) is 18.0 Å². The van der Waals surface area contributed by atoms with Crippen LogP contribution < -0.4 is 10.1 Å². The molecule has 1 aliphatic heterocycles. The SMILES string of the molecule is O=C(NCC(F)(F)F)c1ccnc(O[C@@H]2CCSC2)c1. The van der Waals surface area contributed by atoms with Gasteiger partial charge in [0.05, 0.1) is 0 Å². The van der Waals surface area contributed by atoms with E-state index in [1.54, 1.807) is 11.8 Å². The zero-order valence-corrected chi connectivity index (χ0v) is 11.3. The largest absolute Gasteiger partial charge is 0.473 e. The summed E-state index contributed by atoms with van der Waals surface area (Å²) in [5, 5.41) is 1.81. The van der Waals surface area contributed by atoms with E-state index in [0.29, 0.717) is 0 Å². The van der Waals surface area contributed by atoms with E-state index in [0.717, 1.165) is 17.9 Å². The van der Waals surface area contributed by atoms with Crippen molar-refractivity contribution >= 4 is 17.7 Å². The fourth-order valence-electron chi connectivity index (χ4n) is 1.67. The van der Waals surface area contributed by atoms with E-state index >= 15 is 0 Å². The maximum atomic E-state index is 12.0. The van der Waals surface area contributed by atoms with Crippen LogP contribution in [0.3, 0.4) is 0 Å². The van der Waals surface area contributed by atoms with Crippen LogP contribution >= 0.6 is 11.8 Å². The molecule has 0 saturated carbocycles. The molecule has 0 aliphatic carbocycles. The van der Waals surface area contributed by atoms with E-state index in [1.165, 1.54) is 18.3 Å². The molecule has 2 heterocycles. The Kier molecular flexibility index (Phi) is 4.74. The third-order valence-electron chi connectivity index (χ3n) is 2.62. The number of aromatic nitrogens is 1. The van der Waals surface area contributed by atoms with E-state index < -0.39 is 18.6 Å². The number of rotatable bonds is 4. The van der Waals surface area contributed by atoms with Crippen LogP contribution in [0.25, 0.3) is 0 Å². The lowest BCUT2D eigenvalue weighted by Gasteiger charge is -2.12. The van der Waals surface area contributed by atoms with Crippen molar-refractivity contribution in [2.45, 2.75) is 18.7 Å². The number of nitrogens with one attached hydrogen (secondary N) is 1. The maximum absolute atomic E-state index is 12.0. The van der Waals surface area contributed by atoms with E-state index in [2.05, 4.69) is 4.98 Å². The highest BCUT2D eigenvalue weighted by Gasteiger charge is 2.28. The van der Waals surface area contributed by atoms with Gasteiger partial charge in [-0.05, 0) is 18.2 Å². The Bertz CT molecular complexity index is 476. The summed E-state index contributed by atoms with van der Waals surface area (Å²) in [6.07, 6.45) is -2.14. The molecular weight excluding hydrogens is 293 g/mol. The molecule has 1 amide bonds. The number of carbonyl (C=O) groups excluding carboxylic acids is 1. The molecule has 2 rings (SSSR count). The number of halogens is 3. The average Bonchev–Trinajstić information content (AvgIpc) is 2.88. The fourth-order valence-corrected chi connectivity index (χ4v) is 2.77. The number of hydrogen-bond donors (Lipinski definition) is 1. The summed E-state index contributed by atoms with van der Waals surface area (Å²) < 4.78 is 41.7. The summed E-state index contributed by atoms with van der Waals surface area (Å²) in [5.41, 5.74) is 0.102. The molecule has 110 valence electrons. The molecule has 1 aromatic rings. The molecule has 0 spiro atoms. The van der Waals surface area contributed by atoms with Gasteiger partial charge in [0.15, 0.2) is 0 Å². The second-order valence-corrected chi connectivity index (χ2v) is 5.43. The highest BCUT2D eigenvalue weighted by Crippen LogP contribution is 2.22. The van der Waals surface area contributed by atoms with Crippen molar-refractivity contribution in [3.8, 4) is 5.88 Å². The highest BCUT2D eigenvalue weighted by molar-refractivity contribution is 7.99. The highest BCUT2D eigenvalue weighted by atomic mass is 32.2. The van der Waals surface area contributed by atoms with Gasteiger partial charge >= 0.3 is 6.18 Å². The first-order valence-electron chi connectivity index (χ1n) is 5.99. The molecular formula is C12H13F3N2O2S. The second kappa shape index (κ2) is 6.34. The van der Waals surface area contributed by atoms with Gasteiger partial charge in [-0.25, -0.2) is 4.98 Å². The summed E-state index contributed by atoms with van der Waals surface area (Å²) >= 11 is 1.77. The van der Waals surface area contributed by atoms with E-state index in [-0.39, 0.29) is 17.5 Å². The van der Waals surface area contributed by atoms with Crippen molar-refractivity contribution in [3.05, 3.63) is 23.9 Å². The predicted octanol–water partition coefficient (Wildman–Crippen LogP) is 2.26. The molecule has 0 unspecified atom stereocenters. The normalized spacial score (nSPS) is 18.9. The smallest absolute Gasteiger partial charge is 0.405 e. The van der Waals surface area contributed by atoms with Crippen molar-refractivity contribution < 1.29 is 22.7 Å². The molecule has 1 N–H and O–H groups in total. The van der Waals surface area contributed by atoms with Gasteiger partial charge in [0.1, 0.15) is 12.6 Å². The summed E-state index contributed by atoms with van der Waals surface area (Å²) in [4.78, 5) is 15.5. The Labute approximate surface area is 118 Å². The van der Waals surface area contributed by atoms with Gasteiger partial charge in [0.2, 0.25) is 5.88 Å². The number of carbonyl (C=O) groups is 1. The van der Waals surface area contributed by atoms with Gasteiger partial charge in [-0.2, -0.15) is 24.9 Å². The minimum absolute atomic E-state index is 0.0426. The Balaban J connectivity index is 1.96. The van der Waals surface area contributed by atoms with Crippen LogP contribution in [0, 0.1) is 0 Å². The Morgan fingerprint density at radius 3 is 3.00 bits per heavy atom. The monoisotopic (exact) mass is 306 g/mol. The molecule has 1 fully saturated rings. The molecule has 1 aliphatic rings. The van der Waals surface area contributed by atoms with Gasteiger partial charge in [-0.15, -0.1) is 0 Å². The lowest BCUT2D eigenvalue weighted by atomic mass is 10.2. The fraction of sp³-hybridized carbons (Fsp3) is 0.500. The maximum Gasteiger partial charge on any atom is 0.405 e. The van der Waals surface area contributed by atoms with Crippen molar-refractivity contribution in [2.75, 3.05) is 18.1 Å². The van der Waals surface area contributed by atoms with Crippen LogP contribution in [-0.4, -0.2) is 41.2 Å². The first kappa shape index (κ1) is 15.0. The number of nitrogens with zero attached hydrogens (tertiary/aromatic N) is 1. The zero-order valence-electron chi connectivity index (χ0n) is 10.4. The Hall–Kier alpha value is -1.44.